The Hall–Kier alpha value is -2.29. The van der Waals surface area contributed by atoms with Crippen molar-refractivity contribution in [1.29, 1.82) is 0 Å². The minimum absolute atomic E-state index is 0.102. The Balaban J connectivity index is 1.74. The summed E-state index contributed by atoms with van der Waals surface area (Å²) in [4.78, 5) is 11.8. The fourth-order valence-electron chi connectivity index (χ4n) is 1.83. The number of Topliss-reactive ketones (excluding diaryl/α,β-unsaturated/α-hetero) is 1. The van der Waals surface area contributed by atoms with E-state index in [1.807, 2.05) is 54.6 Å². The van der Waals surface area contributed by atoms with Crippen molar-refractivity contribution in [2.45, 2.75) is 12.8 Å². The molecule has 0 saturated carbocycles. The lowest BCUT2D eigenvalue weighted by Crippen LogP contribution is -2.11. The van der Waals surface area contributed by atoms with E-state index < -0.39 is 0 Å². The number of aryl methyl sites for hydroxylation is 1. The molecular weight excluding hydrogens is 252 g/mol. The maximum atomic E-state index is 11.8. The van der Waals surface area contributed by atoms with Gasteiger partial charge in [-0.3, -0.25) is 4.79 Å². The molecule has 0 spiro atoms. The second-order valence-corrected chi connectivity index (χ2v) is 4.49. The van der Waals surface area contributed by atoms with Gasteiger partial charge in [0.15, 0.2) is 5.78 Å². The molecule has 0 saturated heterocycles. The molecule has 2 aromatic carbocycles. The second-order valence-electron chi connectivity index (χ2n) is 4.49. The van der Waals surface area contributed by atoms with E-state index in [1.165, 1.54) is 0 Å². The van der Waals surface area contributed by atoms with Crippen LogP contribution in [0.5, 0.6) is 11.5 Å². The molecule has 0 aromatic heterocycles. The minimum Gasteiger partial charge on any atom is -0.497 e. The standard InChI is InChI=1S/C17H18O3/c1-19-16-11-8-14(9-12-16)7-10-15(18)13-20-17-5-3-2-4-6-17/h2-6,8-9,11-12H,7,10,13H2,1H3. The zero-order valence-electron chi connectivity index (χ0n) is 11.5. The van der Waals surface area contributed by atoms with Gasteiger partial charge in [-0.05, 0) is 36.2 Å². The highest BCUT2D eigenvalue weighted by atomic mass is 16.5. The predicted octanol–water partition coefficient (Wildman–Crippen LogP) is 3.28. The molecule has 0 fully saturated rings. The van der Waals surface area contributed by atoms with Crippen molar-refractivity contribution >= 4 is 5.78 Å². The molecule has 0 atom stereocenters. The Kier molecular flexibility index (Phi) is 5.18. The van der Waals surface area contributed by atoms with E-state index in [9.17, 15) is 4.79 Å². The van der Waals surface area contributed by atoms with Crippen LogP contribution in [0.3, 0.4) is 0 Å². The van der Waals surface area contributed by atoms with E-state index in [-0.39, 0.29) is 12.4 Å². The van der Waals surface area contributed by atoms with E-state index in [1.54, 1.807) is 7.11 Å². The summed E-state index contributed by atoms with van der Waals surface area (Å²) in [6, 6.07) is 17.1. The molecule has 0 aliphatic rings. The smallest absolute Gasteiger partial charge is 0.170 e. The largest absolute Gasteiger partial charge is 0.497 e. The highest BCUT2D eigenvalue weighted by molar-refractivity contribution is 5.80. The van der Waals surface area contributed by atoms with Crippen molar-refractivity contribution in [3.8, 4) is 11.5 Å². The van der Waals surface area contributed by atoms with Crippen LogP contribution in [-0.4, -0.2) is 19.5 Å². The molecule has 0 radical (unpaired) electrons. The average molecular weight is 270 g/mol. The van der Waals surface area contributed by atoms with Crippen molar-refractivity contribution in [2.24, 2.45) is 0 Å². The summed E-state index contributed by atoms with van der Waals surface area (Å²) in [7, 11) is 1.64. The number of carbonyl (C=O) groups is 1. The van der Waals surface area contributed by atoms with Crippen molar-refractivity contribution in [1.82, 2.24) is 0 Å². The van der Waals surface area contributed by atoms with Crippen molar-refractivity contribution in [3.05, 3.63) is 60.2 Å². The highest BCUT2D eigenvalue weighted by Crippen LogP contribution is 2.13. The van der Waals surface area contributed by atoms with Crippen LogP contribution in [0.4, 0.5) is 0 Å². The number of methoxy groups -OCH3 is 1. The molecule has 2 rings (SSSR count). The van der Waals surface area contributed by atoms with Gasteiger partial charge >= 0.3 is 0 Å². The molecule has 0 bridgehead atoms. The molecule has 0 aliphatic heterocycles. The number of ketones is 1. The van der Waals surface area contributed by atoms with Crippen molar-refractivity contribution in [2.75, 3.05) is 13.7 Å². The SMILES string of the molecule is COc1ccc(CCC(=O)COc2ccccc2)cc1. The molecule has 0 N–H and O–H groups in total. The third-order valence-corrected chi connectivity index (χ3v) is 2.99. The maximum Gasteiger partial charge on any atom is 0.170 e. The van der Waals surface area contributed by atoms with Crippen LogP contribution >= 0.6 is 0 Å². The van der Waals surface area contributed by atoms with E-state index in [4.69, 9.17) is 9.47 Å². The Morgan fingerprint density at radius 2 is 1.65 bits per heavy atom. The van der Waals surface area contributed by atoms with Gasteiger partial charge in [-0.2, -0.15) is 0 Å². The Bertz CT molecular complexity index is 532. The lowest BCUT2D eigenvalue weighted by molar-refractivity contribution is -0.121. The van der Waals surface area contributed by atoms with Gasteiger partial charge in [0.05, 0.1) is 7.11 Å². The molecule has 3 nitrogen and oxygen atoms in total. The third-order valence-electron chi connectivity index (χ3n) is 2.99. The number of rotatable bonds is 7. The Morgan fingerprint density at radius 1 is 0.950 bits per heavy atom. The van der Waals surface area contributed by atoms with Gasteiger partial charge in [-0.15, -0.1) is 0 Å². The van der Waals surface area contributed by atoms with Gasteiger partial charge in [-0.25, -0.2) is 0 Å². The first-order chi connectivity index (χ1) is 9.78. The number of benzene rings is 2. The number of ether oxygens (including phenoxy) is 2. The number of carbonyl (C=O) groups excluding carboxylic acids is 1. The summed E-state index contributed by atoms with van der Waals surface area (Å²) < 4.78 is 10.5. The summed E-state index contributed by atoms with van der Waals surface area (Å²) in [5.41, 5.74) is 1.12. The van der Waals surface area contributed by atoms with Gasteiger partial charge in [0.25, 0.3) is 0 Å². The average Bonchev–Trinajstić information content (AvgIpc) is 2.52. The normalized spacial score (nSPS) is 10.1. The predicted molar refractivity (Wildman–Crippen MR) is 78.3 cm³/mol. The van der Waals surface area contributed by atoms with E-state index in [2.05, 4.69) is 0 Å². The van der Waals surface area contributed by atoms with Gasteiger partial charge in [0, 0.05) is 6.42 Å². The lowest BCUT2D eigenvalue weighted by Gasteiger charge is -2.06. The van der Waals surface area contributed by atoms with Crippen LogP contribution in [0.25, 0.3) is 0 Å². The van der Waals surface area contributed by atoms with Crippen LogP contribution in [0, 0.1) is 0 Å². The first-order valence-electron chi connectivity index (χ1n) is 6.60. The number of para-hydroxylation sites is 1. The van der Waals surface area contributed by atoms with Crippen LogP contribution in [0.15, 0.2) is 54.6 Å². The number of hydrogen-bond donors (Lipinski definition) is 0. The quantitative estimate of drug-likeness (QED) is 0.774. The van der Waals surface area contributed by atoms with Crippen LogP contribution in [0.2, 0.25) is 0 Å². The first-order valence-corrected chi connectivity index (χ1v) is 6.60. The molecule has 0 heterocycles. The summed E-state index contributed by atoms with van der Waals surface area (Å²) in [5, 5.41) is 0. The zero-order valence-corrected chi connectivity index (χ0v) is 11.5. The molecule has 3 heteroatoms. The van der Waals surface area contributed by atoms with Crippen LogP contribution in [0.1, 0.15) is 12.0 Å². The summed E-state index contributed by atoms with van der Waals surface area (Å²) >= 11 is 0. The fraction of sp³-hybridized carbons (Fsp3) is 0.235. The van der Waals surface area contributed by atoms with Crippen molar-refractivity contribution in [3.63, 3.8) is 0 Å². The molecule has 104 valence electrons. The van der Waals surface area contributed by atoms with Crippen molar-refractivity contribution < 1.29 is 14.3 Å². The molecular formula is C17H18O3. The minimum atomic E-state index is 0.102. The lowest BCUT2D eigenvalue weighted by atomic mass is 10.1. The number of hydrogen-bond acceptors (Lipinski definition) is 3. The summed E-state index contributed by atoms with van der Waals surface area (Å²) in [5.74, 6) is 1.66. The van der Waals surface area contributed by atoms with Crippen LogP contribution in [-0.2, 0) is 11.2 Å². The van der Waals surface area contributed by atoms with Gasteiger partial charge < -0.3 is 9.47 Å². The molecule has 20 heavy (non-hydrogen) atoms. The maximum absolute atomic E-state index is 11.8. The summed E-state index contributed by atoms with van der Waals surface area (Å²) in [6.45, 7) is 0.125. The fourth-order valence-corrected chi connectivity index (χ4v) is 1.83. The molecule has 0 unspecified atom stereocenters. The zero-order chi connectivity index (χ0) is 14.2. The second kappa shape index (κ2) is 7.34. The monoisotopic (exact) mass is 270 g/mol. The third kappa shape index (κ3) is 4.43. The molecule has 0 amide bonds. The van der Waals surface area contributed by atoms with E-state index in [0.29, 0.717) is 6.42 Å². The summed E-state index contributed by atoms with van der Waals surface area (Å²) in [6.07, 6.45) is 1.21. The van der Waals surface area contributed by atoms with E-state index in [0.717, 1.165) is 23.5 Å². The van der Waals surface area contributed by atoms with E-state index >= 15 is 0 Å². The topological polar surface area (TPSA) is 35.5 Å². The van der Waals surface area contributed by atoms with Crippen LogP contribution < -0.4 is 9.47 Å². The van der Waals surface area contributed by atoms with Gasteiger partial charge in [0.1, 0.15) is 18.1 Å². The Morgan fingerprint density at radius 3 is 2.30 bits per heavy atom. The van der Waals surface area contributed by atoms with Gasteiger partial charge in [0.2, 0.25) is 0 Å². The first kappa shape index (κ1) is 14.1. The Labute approximate surface area is 119 Å². The molecule has 0 aliphatic carbocycles. The molecule has 2 aromatic rings. The van der Waals surface area contributed by atoms with Gasteiger partial charge in [-0.1, -0.05) is 30.3 Å². The highest BCUT2D eigenvalue weighted by Gasteiger charge is 2.04.